The van der Waals surface area contributed by atoms with Gasteiger partial charge in [0.15, 0.2) is 0 Å². The summed E-state index contributed by atoms with van der Waals surface area (Å²) in [6.07, 6.45) is 3.88. The lowest BCUT2D eigenvalue weighted by molar-refractivity contribution is -0.495. The lowest BCUT2D eigenvalue weighted by Gasteiger charge is -2.06. The predicted octanol–water partition coefficient (Wildman–Crippen LogP) is 0.893. The maximum Gasteiger partial charge on any atom is 0.309 e. The van der Waals surface area contributed by atoms with E-state index in [-0.39, 0.29) is 5.03 Å². The van der Waals surface area contributed by atoms with Gasteiger partial charge in [0.1, 0.15) is 0 Å². The summed E-state index contributed by atoms with van der Waals surface area (Å²) in [6.45, 7) is 0. The van der Waals surface area contributed by atoms with Crippen LogP contribution in [0, 0.1) is 10.1 Å². The molecule has 5 heteroatoms. The highest BCUT2D eigenvalue weighted by Crippen LogP contribution is 2.16. The van der Waals surface area contributed by atoms with Crippen molar-refractivity contribution in [2.24, 2.45) is 0 Å². The number of nitro groups is 1. The summed E-state index contributed by atoms with van der Waals surface area (Å²) >= 11 is 5.42. The van der Waals surface area contributed by atoms with Crippen LogP contribution in [0.4, 0.5) is 0 Å². The topological polar surface area (TPSA) is 60.2 Å². The van der Waals surface area contributed by atoms with Crippen LogP contribution < -0.4 is 0 Å². The van der Waals surface area contributed by atoms with Crippen molar-refractivity contribution in [3.05, 3.63) is 33.4 Å². The number of ketones is 1. The zero-order chi connectivity index (χ0) is 8.43. The minimum absolute atomic E-state index is 0.0394. The first-order valence-electron chi connectivity index (χ1n) is 2.84. The van der Waals surface area contributed by atoms with Crippen LogP contribution in [0.5, 0.6) is 0 Å². The first-order valence-corrected chi connectivity index (χ1v) is 3.22. The Labute approximate surface area is 67.3 Å². The van der Waals surface area contributed by atoms with Gasteiger partial charge in [-0.25, -0.2) is 0 Å². The second-order valence-corrected chi connectivity index (χ2v) is 2.44. The van der Waals surface area contributed by atoms with Gasteiger partial charge in [0, 0.05) is 4.92 Å². The Kier molecular flexibility index (Phi) is 2.05. The molecule has 0 aromatic heterocycles. The second kappa shape index (κ2) is 2.84. The predicted molar refractivity (Wildman–Crippen MR) is 38.9 cm³/mol. The highest BCUT2D eigenvalue weighted by Gasteiger charge is 2.32. The number of carbonyl (C=O) groups excluding carboxylic acids is 1. The van der Waals surface area contributed by atoms with E-state index in [9.17, 15) is 14.9 Å². The molecule has 0 amide bonds. The van der Waals surface area contributed by atoms with Crippen LogP contribution in [0.2, 0.25) is 0 Å². The smallest absolute Gasteiger partial charge is 0.287 e. The molecule has 1 unspecified atom stereocenters. The Hall–Kier alpha value is -1.16. The Morgan fingerprint density at radius 3 is 2.64 bits per heavy atom. The monoisotopic (exact) mass is 173 g/mol. The largest absolute Gasteiger partial charge is 0.309 e. The molecule has 0 aromatic carbocycles. The van der Waals surface area contributed by atoms with E-state index in [1.54, 1.807) is 0 Å². The third-order valence-electron chi connectivity index (χ3n) is 1.26. The number of rotatable bonds is 1. The summed E-state index contributed by atoms with van der Waals surface area (Å²) < 4.78 is 0. The highest BCUT2D eigenvalue weighted by atomic mass is 35.5. The van der Waals surface area contributed by atoms with Crippen LogP contribution in [0.1, 0.15) is 0 Å². The van der Waals surface area contributed by atoms with Gasteiger partial charge in [-0.05, 0) is 12.2 Å². The standard InChI is InChI=1S/C6H4ClNO3/c7-4-2-1-3-5(9)6(4)8(10)11/h1-3,6H. The SMILES string of the molecule is O=C1C=CC=C(Cl)C1[N+](=O)[O-]. The highest BCUT2D eigenvalue weighted by molar-refractivity contribution is 6.33. The van der Waals surface area contributed by atoms with Crippen molar-refractivity contribution in [1.82, 2.24) is 0 Å². The maximum absolute atomic E-state index is 10.8. The minimum Gasteiger partial charge on any atom is -0.287 e. The zero-order valence-corrected chi connectivity index (χ0v) is 6.12. The molecule has 0 fully saturated rings. The average Bonchev–Trinajstić information content (AvgIpc) is 1.85. The van der Waals surface area contributed by atoms with Gasteiger partial charge in [-0.2, -0.15) is 0 Å². The number of allylic oxidation sites excluding steroid dienone is 2. The van der Waals surface area contributed by atoms with Crippen molar-refractivity contribution < 1.29 is 9.72 Å². The lowest BCUT2D eigenvalue weighted by Crippen LogP contribution is -2.29. The van der Waals surface area contributed by atoms with Crippen LogP contribution in [0.15, 0.2) is 23.3 Å². The van der Waals surface area contributed by atoms with Gasteiger partial charge in [0.25, 0.3) is 0 Å². The van der Waals surface area contributed by atoms with Crippen molar-refractivity contribution in [1.29, 1.82) is 0 Å². The van der Waals surface area contributed by atoms with Crippen LogP contribution in [0.3, 0.4) is 0 Å². The van der Waals surface area contributed by atoms with Crippen molar-refractivity contribution in [2.75, 3.05) is 0 Å². The van der Waals surface area contributed by atoms with E-state index < -0.39 is 16.7 Å². The molecule has 58 valence electrons. The van der Waals surface area contributed by atoms with Gasteiger partial charge < -0.3 is 0 Å². The lowest BCUT2D eigenvalue weighted by atomic mass is 10.1. The molecule has 0 aliphatic heterocycles. The van der Waals surface area contributed by atoms with Gasteiger partial charge in [-0.1, -0.05) is 17.7 Å². The molecule has 1 atom stereocenters. The number of halogens is 1. The van der Waals surface area contributed by atoms with Gasteiger partial charge in [-0.15, -0.1) is 0 Å². The number of carbonyl (C=O) groups is 1. The Morgan fingerprint density at radius 1 is 1.64 bits per heavy atom. The quantitative estimate of drug-likeness (QED) is 0.437. The summed E-state index contributed by atoms with van der Waals surface area (Å²) in [5.41, 5.74) is 0. The van der Waals surface area contributed by atoms with Gasteiger partial charge in [-0.3, -0.25) is 14.9 Å². The van der Waals surface area contributed by atoms with Gasteiger partial charge in [0.2, 0.25) is 5.78 Å². The molecule has 1 aliphatic rings. The van der Waals surface area contributed by atoms with Crippen LogP contribution >= 0.6 is 11.6 Å². The first-order chi connectivity index (χ1) is 5.13. The summed E-state index contributed by atoms with van der Waals surface area (Å²) in [7, 11) is 0. The van der Waals surface area contributed by atoms with E-state index >= 15 is 0 Å². The molecule has 1 aliphatic carbocycles. The van der Waals surface area contributed by atoms with E-state index in [1.807, 2.05) is 0 Å². The summed E-state index contributed by atoms with van der Waals surface area (Å²) in [4.78, 5) is 20.3. The molecule has 11 heavy (non-hydrogen) atoms. The molecule has 0 aromatic rings. The summed E-state index contributed by atoms with van der Waals surface area (Å²) in [5.74, 6) is -0.581. The molecule has 0 radical (unpaired) electrons. The van der Waals surface area contributed by atoms with E-state index in [1.165, 1.54) is 12.2 Å². The number of nitrogens with zero attached hydrogens (tertiary/aromatic N) is 1. The molecule has 4 nitrogen and oxygen atoms in total. The molecule has 1 rings (SSSR count). The van der Waals surface area contributed by atoms with E-state index in [0.29, 0.717) is 0 Å². The second-order valence-electron chi connectivity index (χ2n) is 2.00. The minimum atomic E-state index is -1.39. The molecular weight excluding hydrogens is 170 g/mol. The summed E-state index contributed by atoms with van der Waals surface area (Å²) in [6, 6.07) is -1.39. The molecule has 0 N–H and O–H groups in total. The molecule has 0 spiro atoms. The van der Waals surface area contributed by atoms with Crippen LogP contribution in [-0.4, -0.2) is 16.7 Å². The molecule has 0 heterocycles. The van der Waals surface area contributed by atoms with E-state index in [0.717, 1.165) is 6.08 Å². The normalized spacial score (nSPS) is 23.2. The maximum atomic E-state index is 10.8. The van der Waals surface area contributed by atoms with Crippen molar-refractivity contribution >= 4 is 17.4 Å². The van der Waals surface area contributed by atoms with Crippen LogP contribution in [-0.2, 0) is 4.79 Å². The molecular formula is C6H4ClNO3. The Morgan fingerprint density at radius 2 is 2.27 bits per heavy atom. The molecule has 0 bridgehead atoms. The Balaban J connectivity index is 2.95. The van der Waals surface area contributed by atoms with Gasteiger partial charge in [0.05, 0.1) is 5.03 Å². The third kappa shape index (κ3) is 1.46. The average molecular weight is 174 g/mol. The van der Waals surface area contributed by atoms with Crippen molar-refractivity contribution in [2.45, 2.75) is 6.04 Å². The first kappa shape index (κ1) is 7.94. The fraction of sp³-hybridized carbons (Fsp3) is 0.167. The molecule has 0 saturated carbocycles. The molecule has 0 saturated heterocycles. The number of hydrogen-bond donors (Lipinski definition) is 0. The number of hydrogen-bond acceptors (Lipinski definition) is 3. The zero-order valence-electron chi connectivity index (χ0n) is 5.36. The van der Waals surface area contributed by atoms with E-state index in [2.05, 4.69) is 0 Å². The third-order valence-corrected chi connectivity index (χ3v) is 1.59. The fourth-order valence-corrected chi connectivity index (χ4v) is 1.02. The van der Waals surface area contributed by atoms with Crippen LogP contribution in [0.25, 0.3) is 0 Å². The Bertz CT molecular complexity index is 269. The van der Waals surface area contributed by atoms with Gasteiger partial charge >= 0.3 is 6.04 Å². The van der Waals surface area contributed by atoms with Crippen molar-refractivity contribution in [3.63, 3.8) is 0 Å². The van der Waals surface area contributed by atoms with Crippen molar-refractivity contribution in [3.8, 4) is 0 Å². The fourth-order valence-electron chi connectivity index (χ4n) is 0.758. The van der Waals surface area contributed by atoms with E-state index in [4.69, 9.17) is 11.6 Å². The summed E-state index contributed by atoms with van der Waals surface area (Å²) in [5, 5.41) is 10.2.